The largest absolute Gasteiger partial charge is 0.309 e. The molecule has 0 radical (unpaired) electrons. The number of hydrogen-bond acceptors (Lipinski definition) is 2. The molecule has 0 unspecified atom stereocenters. The van der Waals surface area contributed by atoms with Crippen molar-refractivity contribution in [1.29, 1.82) is 0 Å². The summed E-state index contributed by atoms with van der Waals surface area (Å²) < 4.78 is 7.22. The third-order valence-corrected chi connectivity index (χ3v) is 15.6. The van der Waals surface area contributed by atoms with Crippen molar-refractivity contribution in [3.05, 3.63) is 218 Å². The molecule has 0 bridgehead atoms. The van der Waals surface area contributed by atoms with Gasteiger partial charge in [-0.25, -0.2) is 9.97 Å². The Kier molecular flexibility index (Phi) is 8.82. The summed E-state index contributed by atoms with van der Waals surface area (Å²) in [7, 11) is -1.51. The molecule has 4 aromatic heterocycles. The normalized spacial score (nSPS) is 12.1. The topological polar surface area (TPSA) is 40.6 Å². The average molecular weight is 876 g/mol. The predicted molar refractivity (Wildman–Crippen MR) is 284 cm³/mol. The highest BCUT2D eigenvalue weighted by molar-refractivity contribution is 6.88. The van der Waals surface area contributed by atoms with Gasteiger partial charge in [0.25, 0.3) is 0 Å². The minimum absolute atomic E-state index is 0.679. The van der Waals surface area contributed by atoms with Crippen LogP contribution in [0.15, 0.2) is 218 Å². The zero-order chi connectivity index (χ0) is 44.8. The lowest BCUT2D eigenvalue weighted by Crippen LogP contribution is -2.37. The number of para-hydroxylation sites is 5. The van der Waals surface area contributed by atoms with E-state index in [2.05, 4.69) is 246 Å². The zero-order valence-electron chi connectivity index (χ0n) is 37.5. The molecule has 13 aromatic rings. The lowest BCUT2D eigenvalue weighted by Gasteiger charge is -2.17. The molecule has 0 spiro atoms. The minimum atomic E-state index is -1.51. The third kappa shape index (κ3) is 6.36. The minimum Gasteiger partial charge on any atom is -0.309 e. The van der Waals surface area contributed by atoms with E-state index >= 15 is 0 Å². The first-order valence-corrected chi connectivity index (χ1v) is 26.6. The maximum atomic E-state index is 5.41. The van der Waals surface area contributed by atoms with E-state index in [9.17, 15) is 0 Å². The van der Waals surface area contributed by atoms with Crippen molar-refractivity contribution >= 4 is 78.7 Å². The summed E-state index contributed by atoms with van der Waals surface area (Å²) >= 11 is 0. The highest BCUT2D eigenvalue weighted by atomic mass is 28.3. The molecule has 0 fully saturated rings. The highest BCUT2D eigenvalue weighted by Gasteiger charge is 2.21. The molecule has 0 atom stereocenters. The number of nitrogens with zero attached hydrogens (tertiary/aromatic N) is 5. The Morgan fingerprint density at radius 1 is 0.299 bits per heavy atom. The van der Waals surface area contributed by atoms with Gasteiger partial charge in [0.1, 0.15) is 0 Å². The van der Waals surface area contributed by atoms with E-state index < -0.39 is 8.07 Å². The van der Waals surface area contributed by atoms with Crippen molar-refractivity contribution in [1.82, 2.24) is 23.7 Å². The molecular formula is C61H45N5Si. The molecule has 0 N–H and O–H groups in total. The van der Waals surface area contributed by atoms with Gasteiger partial charge in [0.15, 0.2) is 5.82 Å². The van der Waals surface area contributed by atoms with Gasteiger partial charge in [-0.15, -0.1) is 0 Å². The van der Waals surface area contributed by atoms with Crippen LogP contribution in [-0.2, 0) is 0 Å². The fraction of sp³-hybridized carbons (Fsp3) is 0.0492. The Bertz CT molecular complexity index is 3840. The smallest absolute Gasteiger partial charge is 0.160 e. The first kappa shape index (κ1) is 39.1. The molecule has 0 aliphatic carbocycles. The van der Waals surface area contributed by atoms with Gasteiger partial charge in [0.05, 0.1) is 52.6 Å². The lowest BCUT2D eigenvalue weighted by atomic mass is 10.0. The van der Waals surface area contributed by atoms with Crippen molar-refractivity contribution < 1.29 is 0 Å². The molecule has 0 aliphatic heterocycles. The molecule has 0 amide bonds. The zero-order valence-corrected chi connectivity index (χ0v) is 38.5. The fourth-order valence-corrected chi connectivity index (χ4v) is 11.5. The van der Waals surface area contributed by atoms with Crippen LogP contribution in [0.4, 0.5) is 0 Å². The Balaban J connectivity index is 1.03. The average Bonchev–Trinajstić information content (AvgIpc) is 4.02. The number of fused-ring (bicyclic) bond motifs is 9. The predicted octanol–water partition coefficient (Wildman–Crippen LogP) is 15.3. The molecule has 0 saturated heterocycles. The van der Waals surface area contributed by atoms with Gasteiger partial charge < -0.3 is 13.7 Å². The van der Waals surface area contributed by atoms with E-state index in [1.54, 1.807) is 0 Å². The molecule has 0 aliphatic rings. The summed E-state index contributed by atoms with van der Waals surface area (Å²) in [6.07, 6.45) is 0. The van der Waals surface area contributed by atoms with Crippen LogP contribution in [-0.4, -0.2) is 31.7 Å². The van der Waals surface area contributed by atoms with Gasteiger partial charge in [-0.1, -0.05) is 170 Å². The maximum absolute atomic E-state index is 5.41. The Morgan fingerprint density at radius 3 is 1.18 bits per heavy atom. The Hall–Kier alpha value is -8.32. The molecule has 6 heteroatoms. The lowest BCUT2D eigenvalue weighted by molar-refractivity contribution is 1.13. The second kappa shape index (κ2) is 15.1. The fourth-order valence-electron chi connectivity index (χ4n) is 10.4. The van der Waals surface area contributed by atoms with E-state index in [0.29, 0.717) is 5.82 Å². The van der Waals surface area contributed by atoms with Crippen LogP contribution in [0, 0.1) is 0 Å². The highest BCUT2D eigenvalue weighted by Crippen LogP contribution is 2.39. The van der Waals surface area contributed by atoms with Crippen molar-refractivity contribution in [2.24, 2.45) is 0 Å². The molecule has 67 heavy (non-hydrogen) atoms. The molecule has 0 saturated carbocycles. The molecular weight excluding hydrogens is 831 g/mol. The number of benzene rings is 9. The van der Waals surface area contributed by atoms with E-state index in [1.807, 2.05) is 6.07 Å². The quantitative estimate of drug-likeness (QED) is 0.150. The summed E-state index contributed by atoms with van der Waals surface area (Å²) in [5.41, 5.74) is 15.0. The van der Waals surface area contributed by atoms with E-state index in [1.165, 1.54) is 48.5 Å². The van der Waals surface area contributed by atoms with Crippen LogP contribution in [0.2, 0.25) is 19.6 Å². The van der Waals surface area contributed by atoms with E-state index in [4.69, 9.17) is 9.97 Å². The summed E-state index contributed by atoms with van der Waals surface area (Å²) in [4.78, 5) is 10.7. The maximum Gasteiger partial charge on any atom is 0.160 e. The summed E-state index contributed by atoms with van der Waals surface area (Å²) in [6, 6.07) is 79.1. The Labute approximate surface area is 389 Å². The Morgan fingerprint density at radius 2 is 0.701 bits per heavy atom. The van der Waals surface area contributed by atoms with Crippen molar-refractivity contribution in [3.8, 4) is 51.0 Å². The molecule has 9 aromatic carbocycles. The number of hydrogen-bond donors (Lipinski definition) is 0. The first-order valence-electron chi connectivity index (χ1n) is 23.1. The van der Waals surface area contributed by atoms with Crippen molar-refractivity contribution in [2.45, 2.75) is 19.6 Å². The second-order valence-corrected chi connectivity index (χ2v) is 23.8. The monoisotopic (exact) mass is 875 g/mol. The second-order valence-electron chi connectivity index (χ2n) is 18.7. The van der Waals surface area contributed by atoms with E-state index in [-0.39, 0.29) is 0 Å². The number of rotatable bonds is 7. The first-order chi connectivity index (χ1) is 32.9. The van der Waals surface area contributed by atoms with Crippen LogP contribution < -0.4 is 5.19 Å². The van der Waals surface area contributed by atoms with Crippen LogP contribution >= 0.6 is 0 Å². The third-order valence-electron chi connectivity index (χ3n) is 13.6. The van der Waals surface area contributed by atoms with Crippen LogP contribution in [0.5, 0.6) is 0 Å². The van der Waals surface area contributed by atoms with Crippen molar-refractivity contribution in [2.75, 3.05) is 0 Å². The van der Waals surface area contributed by atoms with Gasteiger partial charge >= 0.3 is 0 Å². The van der Waals surface area contributed by atoms with Gasteiger partial charge in [0.2, 0.25) is 0 Å². The van der Waals surface area contributed by atoms with Crippen LogP contribution in [0.25, 0.3) is 116 Å². The number of aromatic nitrogens is 5. The molecule has 318 valence electrons. The summed E-state index contributed by atoms with van der Waals surface area (Å²) in [5, 5.41) is 8.93. The van der Waals surface area contributed by atoms with Crippen molar-refractivity contribution in [3.63, 3.8) is 0 Å². The molecule has 5 nitrogen and oxygen atoms in total. The van der Waals surface area contributed by atoms with Gasteiger partial charge in [0, 0.05) is 66.1 Å². The van der Waals surface area contributed by atoms with Gasteiger partial charge in [-0.2, -0.15) is 0 Å². The van der Waals surface area contributed by atoms with Crippen LogP contribution in [0.3, 0.4) is 0 Å². The van der Waals surface area contributed by atoms with Gasteiger partial charge in [-0.05, 0) is 72.8 Å². The SMILES string of the molecule is C[Si](C)(C)c1ccc2c(c1)c1ccccc1n2-c1ccc(-c2cc(-c3cc(-n4c5ccccc5c5ccccc54)cc(-n4c5ccccc5c5ccccc54)c3)nc(-c3ccccc3)n2)cc1. The van der Waals surface area contributed by atoms with Crippen LogP contribution in [0.1, 0.15) is 0 Å². The van der Waals surface area contributed by atoms with E-state index in [0.717, 1.165) is 67.2 Å². The standard InChI is InChI=1S/C61H45N5Si/c1-67(2,3)46-33-34-60-52(38-46)51-23-11-16-28-59(51)64(60)43-31-29-40(30-32-43)53-39-54(63-61(62-53)41-17-5-4-6-18-41)42-35-44(65-55-24-12-7-19-47(55)48-20-8-13-25-56(48)65)37-45(36-42)66-57-26-14-9-21-49(57)50-22-10-15-27-58(50)66/h4-39H,1-3H3. The summed E-state index contributed by atoms with van der Waals surface area (Å²) in [5.74, 6) is 0.679. The molecule has 4 heterocycles. The van der Waals surface area contributed by atoms with Gasteiger partial charge in [-0.3, -0.25) is 0 Å². The molecule has 13 rings (SSSR count). The summed E-state index contributed by atoms with van der Waals surface area (Å²) in [6.45, 7) is 7.25.